The maximum absolute atomic E-state index is 12.1. The lowest BCUT2D eigenvalue weighted by Crippen LogP contribution is -2.01. The van der Waals surface area contributed by atoms with Crippen LogP contribution in [0, 0.1) is 0 Å². The molecule has 1 amide bonds. The van der Waals surface area contributed by atoms with Gasteiger partial charge >= 0.3 is 6.09 Å². The predicted octanol–water partition coefficient (Wildman–Crippen LogP) is 3.02. The van der Waals surface area contributed by atoms with Crippen LogP contribution < -0.4 is 0 Å². The van der Waals surface area contributed by atoms with Crippen LogP contribution in [-0.2, 0) is 9.73 Å². The summed E-state index contributed by atoms with van der Waals surface area (Å²) < 4.78 is 15.3. The Hall–Kier alpha value is -1.66. The molecule has 2 aromatic rings. The molecule has 1 atom stereocenters. The average molecular weight is 285 g/mol. The van der Waals surface area contributed by atoms with Crippen LogP contribution in [0.25, 0.3) is 10.9 Å². The molecule has 0 bridgehead atoms. The van der Waals surface area contributed by atoms with E-state index in [1.807, 2.05) is 0 Å². The molecule has 0 aliphatic rings. The maximum Gasteiger partial charge on any atom is 0.439 e. The van der Waals surface area contributed by atoms with Crippen LogP contribution >= 0.6 is 11.6 Å². The lowest BCUT2D eigenvalue weighted by atomic mass is 10.2. The van der Waals surface area contributed by atoms with E-state index in [1.165, 1.54) is 6.26 Å². The number of amides is 1. The molecule has 0 aliphatic heterocycles. The molecule has 1 heterocycles. The van der Waals surface area contributed by atoms with Crippen LogP contribution in [0.4, 0.5) is 4.79 Å². The van der Waals surface area contributed by atoms with Crippen molar-refractivity contribution in [2.75, 3.05) is 6.26 Å². The van der Waals surface area contributed by atoms with Crippen molar-refractivity contribution < 1.29 is 14.1 Å². The van der Waals surface area contributed by atoms with Gasteiger partial charge < -0.3 is 5.11 Å². The summed E-state index contributed by atoms with van der Waals surface area (Å²) in [7, 11) is -2.98. The molecule has 0 spiro atoms. The van der Waals surface area contributed by atoms with Crippen molar-refractivity contribution in [2.45, 2.75) is 4.90 Å². The minimum absolute atomic E-state index is 0.312. The number of aromatic nitrogens is 1. The molecule has 0 saturated carbocycles. The number of hydrogen-bond acceptors (Lipinski definition) is 3. The van der Waals surface area contributed by atoms with Gasteiger partial charge in [0.2, 0.25) is 0 Å². The van der Waals surface area contributed by atoms with E-state index in [2.05, 4.69) is 9.35 Å². The molecule has 1 aromatic heterocycles. The van der Waals surface area contributed by atoms with Gasteiger partial charge in [0.15, 0.2) is 0 Å². The smallest absolute Gasteiger partial charge is 0.439 e. The summed E-state index contributed by atoms with van der Waals surface area (Å²) in [5.74, 6) is 0. The van der Waals surface area contributed by atoms with Gasteiger partial charge in [0, 0.05) is 22.7 Å². The first-order chi connectivity index (χ1) is 8.40. The second kappa shape index (κ2) is 4.55. The third-order valence-corrected chi connectivity index (χ3v) is 4.31. The summed E-state index contributed by atoms with van der Waals surface area (Å²) in [5.41, 5.74) is 0.650. The van der Waals surface area contributed by atoms with Crippen molar-refractivity contribution in [1.82, 2.24) is 4.98 Å². The van der Waals surface area contributed by atoms with Crippen molar-refractivity contribution in [1.29, 1.82) is 0 Å². The van der Waals surface area contributed by atoms with Crippen LogP contribution in [0.5, 0.6) is 0 Å². The van der Waals surface area contributed by atoms with Crippen molar-refractivity contribution in [3.63, 3.8) is 0 Å². The quantitative estimate of drug-likeness (QED) is 0.873. The van der Waals surface area contributed by atoms with Crippen LogP contribution in [0.3, 0.4) is 0 Å². The highest BCUT2D eigenvalue weighted by Gasteiger charge is 2.10. The Balaban J connectivity index is 2.72. The maximum atomic E-state index is 12.1. The average Bonchev–Trinajstić information content (AvgIpc) is 2.27. The van der Waals surface area contributed by atoms with E-state index in [0.717, 1.165) is 0 Å². The van der Waals surface area contributed by atoms with Gasteiger partial charge in [-0.25, -0.2) is 9.00 Å². The minimum atomic E-state index is -2.98. The summed E-state index contributed by atoms with van der Waals surface area (Å²) in [6, 6.07) is 6.34. The van der Waals surface area contributed by atoms with Gasteiger partial charge in [-0.05, 0) is 24.3 Å². The van der Waals surface area contributed by atoms with Crippen LogP contribution in [0.1, 0.15) is 0 Å². The minimum Gasteiger partial charge on any atom is -0.463 e. The monoisotopic (exact) mass is 284 g/mol. The summed E-state index contributed by atoms with van der Waals surface area (Å²) >= 11 is 6.01. The molecule has 1 aromatic carbocycles. The number of benzene rings is 1. The SMILES string of the molecule is CS(=O)(=NC(=O)O)c1ccc2nccc(Cl)c2c1. The van der Waals surface area contributed by atoms with Crippen molar-refractivity contribution in [3.05, 3.63) is 35.5 Å². The van der Waals surface area contributed by atoms with E-state index in [-0.39, 0.29) is 0 Å². The highest BCUT2D eigenvalue weighted by Crippen LogP contribution is 2.25. The molecule has 2 rings (SSSR count). The summed E-state index contributed by atoms with van der Waals surface area (Å²) in [4.78, 5) is 14.9. The predicted molar refractivity (Wildman–Crippen MR) is 69.5 cm³/mol. The van der Waals surface area contributed by atoms with E-state index in [1.54, 1.807) is 30.5 Å². The zero-order chi connectivity index (χ0) is 13.3. The second-order valence-electron chi connectivity index (χ2n) is 3.65. The molecule has 5 nitrogen and oxygen atoms in total. The highest BCUT2D eigenvalue weighted by molar-refractivity contribution is 7.93. The fraction of sp³-hybridized carbons (Fsp3) is 0.0909. The highest BCUT2D eigenvalue weighted by atomic mass is 35.5. The molecule has 1 N–H and O–H groups in total. The van der Waals surface area contributed by atoms with Gasteiger partial charge in [0.25, 0.3) is 0 Å². The second-order valence-corrected chi connectivity index (χ2v) is 6.31. The molecule has 0 fully saturated rings. The lowest BCUT2D eigenvalue weighted by molar-refractivity contribution is 0.206. The molecule has 0 saturated heterocycles. The Bertz CT molecular complexity index is 751. The first-order valence-corrected chi connectivity index (χ1v) is 7.19. The summed E-state index contributed by atoms with van der Waals surface area (Å²) in [6.07, 6.45) is 1.38. The van der Waals surface area contributed by atoms with E-state index in [4.69, 9.17) is 16.7 Å². The topological polar surface area (TPSA) is 79.6 Å². The Morgan fingerprint density at radius 1 is 1.44 bits per heavy atom. The number of fused-ring (bicyclic) bond motifs is 1. The number of pyridine rings is 1. The van der Waals surface area contributed by atoms with Gasteiger partial charge in [0.1, 0.15) is 0 Å². The first-order valence-electron chi connectivity index (χ1n) is 4.89. The van der Waals surface area contributed by atoms with Gasteiger partial charge in [-0.3, -0.25) is 4.98 Å². The van der Waals surface area contributed by atoms with E-state index < -0.39 is 15.8 Å². The van der Waals surface area contributed by atoms with Crippen molar-refractivity contribution >= 4 is 38.3 Å². The summed E-state index contributed by atoms with van der Waals surface area (Å²) in [6.45, 7) is 0. The van der Waals surface area contributed by atoms with Crippen LogP contribution in [0.2, 0.25) is 5.02 Å². The van der Waals surface area contributed by atoms with E-state index >= 15 is 0 Å². The zero-order valence-corrected chi connectivity index (χ0v) is 10.9. The first kappa shape index (κ1) is 12.8. The number of hydrogen-bond donors (Lipinski definition) is 1. The van der Waals surface area contributed by atoms with Crippen LogP contribution in [-0.4, -0.2) is 26.6 Å². The van der Waals surface area contributed by atoms with Crippen molar-refractivity contribution in [2.24, 2.45) is 4.36 Å². The Kier molecular flexibility index (Phi) is 3.23. The van der Waals surface area contributed by atoms with Crippen molar-refractivity contribution in [3.8, 4) is 0 Å². The largest absolute Gasteiger partial charge is 0.463 e. The van der Waals surface area contributed by atoms with Gasteiger partial charge in [-0.15, -0.1) is 4.36 Å². The number of nitrogens with zero attached hydrogens (tertiary/aromatic N) is 2. The number of rotatable bonds is 1. The molecule has 7 heteroatoms. The lowest BCUT2D eigenvalue weighted by Gasteiger charge is -2.05. The Morgan fingerprint density at radius 2 is 2.17 bits per heavy atom. The Morgan fingerprint density at radius 3 is 2.83 bits per heavy atom. The van der Waals surface area contributed by atoms with Gasteiger partial charge in [-0.2, -0.15) is 0 Å². The third-order valence-electron chi connectivity index (χ3n) is 2.35. The van der Waals surface area contributed by atoms with E-state index in [9.17, 15) is 9.00 Å². The van der Waals surface area contributed by atoms with Crippen LogP contribution in [0.15, 0.2) is 39.7 Å². The summed E-state index contributed by atoms with van der Waals surface area (Å²) in [5, 5.41) is 9.68. The molecule has 94 valence electrons. The van der Waals surface area contributed by atoms with Gasteiger partial charge in [0.05, 0.1) is 20.3 Å². The molecule has 1 unspecified atom stereocenters. The fourth-order valence-corrected chi connectivity index (χ4v) is 2.80. The number of carboxylic acid groups (broad SMARTS) is 1. The zero-order valence-electron chi connectivity index (χ0n) is 9.33. The molecular weight excluding hydrogens is 276 g/mol. The standard InChI is InChI=1S/C11H9ClN2O3S/c1-18(17,14-11(15)16)7-2-3-10-8(6-7)9(12)4-5-13-10/h2-6H,1H3,(H,15,16). The molecule has 18 heavy (non-hydrogen) atoms. The molecule has 0 aliphatic carbocycles. The molecular formula is C11H9ClN2O3S. The normalized spacial score (nSPS) is 14.1. The third kappa shape index (κ3) is 2.44. The van der Waals surface area contributed by atoms with E-state index in [0.29, 0.717) is 20.8 Å². The van der Waals surface area contributed by atoms with Gasteiger partial charge in [-0.1, -0.05) is 11.6 Å². The molecule has 0 radical (unpaired) electrons. The Labute approximate surface area is 109 Å². The fourth-order valence-electron chi connectivity index (χ4n) is 1.53. The number of carbonyl (C=O) groups is 1. The number of halogens is 1.